The second kappa shape index (κ2) is 7.66. The number of hydrogen-bond acceptors (Lipinski definition) is 6. The fraction of sp³-hybridized carbons (Fsp3) is 0.500. The fourth-order valence-corrected chi connectivity index (χ4v) is 3.54. The summed E-state index contributed by atoms with van der Waals surface area (Å²) < 4.78 is 21.5. The van der Waals surface area contributed by atoms with E-state index >= 15 is 0 Å². The molecule has 136 valence electrons. The first-order valence-corrected chi connectivity index (χ1v) is 9.92. The number of hydrogen-bond donors (Lipinski definition) is 2. The summed E-state index contributed by atoms with van der Waals surface area (Å²) in [5.41, 5.74) is 0.773. The van der Waals surface area contributed by atoms with Crippen LogP contribution in [0.3, 0.4) is 0 Å². The Balaban J connectivity index is 1.75. The average Bonchev–Trinajstić information content (AvgIpc) is 2.60. The van der Waals surface area contributed by atoms with E-state index < -0.39 is 13.9 Å². The minimum absolute atomic E-state index is 0.205. The average molecular weight is 367 g/mol. The van der Waals surface area contributed by atoms with Crippen LogP contribution in [0, 0.1) is 5.92 Å². The van der Waals surface area contributed by atoms with Crippen molar-refractivity contribution < 1.29 is 23.8 Å². The van der Waals surface area contributed by atoms with Crippen molar-refractivity contribution in [1.29, 1.82) is 0 Å². The normalized spacial score (nSPS) is 18.5. The number of ether oxygens (including phenoxy) is 2. The molecule has 0 aliphatic carbocycles. The molecule has 8 nitrogen and oxygen atoms in total. The molecule has 0 amide bonds. The highest BCUT2D eigenvalue weighted by Crippen LogP contribution is 2.35. The maximum absolute atomic E-state index is 10.9. The summed E-state index contributed by atoms with van der Waals surface area (Å²) >= 11 is 0. The van der Waals surface area contributed by atoms with Gasteiger partial charge in [0.2, 0.25) is 0 Å². The Morgan fingerprint density at radius 3 is 2.96 bits per heavy atom. The number of piperidine rings is 1. The summed E-state index contributed by atoms with van der Waals surface area (Å²) in [4.78, 5) is 28.7. The summed E-state index contributed by atoms with van der Waals surface area (Å²) in [7, 11) is -2.50. The van der Waals surface area contributed by atoms with Gasteiger partial charge >= 0.3 is 7.60 Å². The molecular formula is C16H22N3O5P. The van der Waals surface area contributed by atoms with Crippen molar-refractivity contribution in [3.05, 3.63) is 24.5 Å². The molecule has 2 heterocycles. The van der Waals surface area contributed by atoms with E-state index in [4.69, 9.17) is 19.3 Å². The zero-order valence-corrected chi connectivity index (χ0v) is 14.9. The van der Waals surface area contributed by atoms with Gasteiger partial charge in [-0.15, -0.1) is 0 Å². The van der Waals surface area contributed by atoms with E-state index in [-0.39, 0.29) is 5.92 Å². The van der Waals surface area contributed by atoms with Gasteiger partial charge in [0, 0.05) is 18.5 Å². The van der Waals surface area contributed by atoms with Crippen LogP contribution in [0.25, 0.3) is 10.9 Å². The molecule has 25 heavy (non-hydrogen) atoms. The van der Waals surface area contributed by atoms with Gasteiger partial charge in [0.1, 0.15) is 29.8 Å². The predicted molar refractivity (Wildman–Crippen MR) is 93.9 cm³/mol. The number of anilines is 1. The van der Waals surface area contributed by atoms with E-state index in [0.717, 1.165) is 42.7 Å². The number of benzene rings is 1. The van der Waals surface area contributed by atoms with E-state index in [1.165, 1.54) is 6.33 Å². The summed E-state index contributed by atoms with van der Waals surface area (Å²) in [6.07, 6.45) is 2.94. The number of para-hydroxylation sites is 1. The van der Waals surface area contributed by atoms with Crippen molar-refractivity contribution in [3.63, 3.8) is 0 Å². The van der Waals surface area contributed by atoms with Crippen LogP contribution in [0.15, 0.2) is 24.5 Å². The largest absolute Gasteiger partial charge is 0.494 e. The third-order valence-electron chi connectivity index (χ3n) is 4.26. The molecule has 0 spiro atoms. The van der Waals surface area contributed by atoms with E-state index in [9.17, 15) is 4.57 Å². The highest BCUT2D eigenvalue weighted by Gasteiger charge is 2.24. The van der Waals surface area contributed by atoms with Gasteiger partial charge in [-0.05, 0) is 30.9 Å². The van der Waals surface area contributed by atoms with Crippen LogP contribution in [0.4, 0.5) is 5.82 Å². The van der Waals surface area contributed by atoms with Crippen LogP contribution >= 0.6 is 7.60 Å². The number of rotatable bonds is 6. The van der Waals surface area contributed by atoms with Gasteiger partial charge in [0.15, 0.2) is 0 Å². The molecule has 0 saturated carbocycles. The van der Waals surface area contributed by atoms with Crippen molar-refractivity contribution in [2.75, 3.05) is 38.1 Å². The molecule has 0 radical (unpaired) electrons. The summed E-state index contributed by atoms with van der Waals surface area (Å²) in [6, 6.07) is 5.76. The Labute approximate surface area is 146 Å². The third-order valence-corrected chi connectivity index (χ3v) is 4.78. The highest BCUT2D eigenvalue weighted by molar-refractivity contribution is 7.51. The second-order valence-corrected chi connectivity index (χ2v) is 7.76. The molecule has 1 saturated heterocycles. The van der Waals surface area contributed by atoms with Gasteiger partial charge < -0.3 is 24.2 Å². The fourth-order valence-electron chi connectivity index (χ4n) is 3.20. The van der Waals surface area contributed by atoms with Crippen molar-refractivity contribution in [2.45, 2.75) is 12.8 Å². The lowest BCUT2D eigenvalue weighted by Crippen LogP contribution is -2.38. The van der Waals surface area contributed by atoms with Crippen molar-refractivity contribution in [2.24, 2.45) is 5.92 Å². The number of methoxy groups -OCH3 is 1. The molecule has 1 atom stereocenters. The smallest absolute Gasteiger partial charge is 0.350 e. The molecular weight excluding hydrogens is 345 g/mol. The van der Waals surface area contributed by atoms with Crippen LogP contribution in [-0.2, 0) is 9.30 Å². The molecule has 1 aromatic carbocycles. The molecule has 0 bridgehead atoms. The molecule has 1 aliphatic rings. The summed E-state index contributed by atoms with van der Waals surface area (Å²) in [5.74, 6) is 1.76. The lowest BCUT2D eigenvalue weighted by Gasteiger charge is -2.34. The minimum Gasteiger partial charge on any atom is -0.494 e. The predicted octanol–water partition coefficient (Wildman–Crippen LogP) is 2.01. The molecule has 1 aromatic heterocycles. The van der Waals surface area contributed by atoms with Crippen molar-refractivity contribution >= 4 is 24.3 Å². The van der Waals surface area contributed by atoms with Gasteiger partial charge in [0.05, 0.1) is 13.7 Å². The Kier molecular flexibility index (Phi) is 5.54. The summed E-state index contributed by atoms with van der Waals surface area (Å²) in [5, 5.41) is 0.929. The Hall–Kier alpha value is -1.73. The Morgan fingerprint density at radius 2 is 2.20 bits per heavy atom. The molecule has 2 N–H and O–H groups in total. The monoisotopic (exact) mass is 367 g/mol. The van der Waals surface area contributed by atoms with Crippen LogP contribution in [-0.4, -0.2) is 52.9 Å². The Morgan fingerprint density at radius 1 is 1.36 bits per heavy atom. The van der Waals surface area contributed by atoms with E-state index in [2.05, 4.69) is 14.9 Å². The van der Waals surface area contributed by atoms with Gasteiger partial charge in [-0.2, -0.15) is 0 Å². The molecule has 1 fully saturated rings. The van der Waals surface area contributed by atoms with Gasteiger partial charge in [0.25, 0.3) is 0 Å². The van der Waals surface area contributed by atoms with Gasteiger partial charge in [-0.1, -0.05) is 6.07 Å². The SMILES string of the molecule is COc1cccc2c(N3CCC[C@H](COCP(=O)(O)O)C3)ncnc12. The second-order valence-electron chi connectivity index (χ2n) is 6.17. The van der Waals surface area contributed by atoms with Crippen LogP contribution in [0.2, 0.25) is 0 Å². The molecule has 9 heteroatoms. The number of fused-ring (bicyclic) bond motifs is 1. The van der Waals surface area contributed by atoms with Crippen LogP contribution < -0.4 is 9.64 Å². The Bertz CT molecular complexity index is 781. The standard InChI is InChI=1S/C16H22N3O5P/c1-23-14-6-2-5-13-15(14)17-10-18-16(13)19-7-3-4-12(8-19)9-24-11-25(20,21)22/h2,5-6,10,12H,3-4,7-9,11H2,1H3,(H2,20,21,22)/t12-/m0/s1. The lowest BCUT2D eigenvalue weighted by molar-refractivity contribution is 0.114. The molecule has 3 rings (SSSR count). The van der Waals surface area contributed by atoms with E-state index in [0.29, 0.717) is 12.4 Å². The van der Waals surface area contributed by atoms with Gasteiger partial charge in [-0.25, -0.2) is 9.97 Å². The molecule has 0 unspecified atom stereocenters. The first-order valence-electron chi connectivity index (χ1n) is 8.13. The first kappa shape index (κ1) is 18.1. The highest BCUT2D eigenvalue weighted by atomic mass is 31.2. The quantitative estimate of drug-likeness (QED) is 0.747. The molecule has 2 aromatic rings. The topological polar surface area (TPSA) is 105 Å². The van der Waals surface area contributed by atoms with Crippen LogP contribution in [0.5, 0.6) is 5.75 Å². The first-order chi connectivity index (χ1) is 12.0. The van der Waals surface area contributed by atoms with E-state index in [1.807, 2.05) is 18.2 Å². The third kappa shape index (κ3) is 4.46. The minimum atomic E-state index is -4.12. The number of nitrogens with zero attached hydrogens (tertiary/aromatic N) is 3. The summed E-state index contributed by atoms with van der Waals surface area (Å²) in [6.45, 7) is 1.93. The zero-order valence-electron chi connectivity index (χ0n) is 14.0. The van der Waals surface area contributed by atoms with Crippen molar-refractivity contribution in [3.8, 4) is 5.75 Å². The molecule has 1 aliphatic heterocycles. The lowest BCUT2D eigenvalue weighted by atomic mass is 9.98. The van der Waals surface area contributed by atoms with Crippen molar-refractivity contribution in [1.82, 2.24) is 9.97 Å². The van der Waals surface area contributed by atoms with E-state index in [1.54, 1.807) is 7.11 Å². The number of aromatic nitrogens is 2. The zero-order chi connectivity index (χ0) is 17.9. The van der Waals surface area contributed by atoms with Crippen LogP contribution in [0.1, 0.15) is 12.8 Å². The maximum atomic E-state index is 10.9. The van der Waals surface area contributed by atoms with Gasteiger partial charge in [-0.3, -0.25) is 4.57 Å². The maximum Gasteiger partial charge on any atom is 0.350 e.